The van der Waals surface area contributed by atoms with Gasteiger partial charge in [0.2, 0.25) is 5.91 Å². The summed E-state index contributed by atoms with van der Waals surface area (Å²) in [6.07, 6.45) is 2.88. The summed E-state index contributed by atoms with van der Waals surface area (Å²) in [5, 5.41) is 10.1. The van der Waals surface area contributed by atoms with Crippen LogP contribution in [0.1, 0.15) is 23.1 Å². The number of hydrogen-bond acceptors (Lipinski definition) is 3. The van der Waals surface area contributed by atoms with E-state index in [1.165, 1.54) is 11.8 Å². The Morgan fingerprint density at radius 3 is 2.52 bits per heavy atom. The lowest BCUT2D eigenvalue weighted by molar-refractivity contribution is -0.123. The van der Waals surface area contributed by atoms with Gasteiger partial charge in [0.25, 0.3) is 0 Å². The summed E-state index contributed by atoms with van der Waals surface area (Å²) in [5.74, 6) is 0.139. The second-order valence-electron chi connectivity index (χ2n) is 6.20. The number of benzene rings is 2. The molecule has 0 radical (unpaired) electrons. The maximum absolute atomic E-state index is 12.4. The van der Waals surface area contributed by atoms with E-state index in [0.29, 0.717) is 6.54 Å². The second kappa shape index (κ2) is 6.34. The summed E-state index contributed by atoms with van der Waals surface area (Å²) in [4.78, 5) is 12.4. The van der Waals surface area contributed by atoms with Crippen molar-refractivity contribution in [1.82, 2.24) is 5.32 Å². The van der Waals surface area contributed by atoms with Crippen LogP contribution in [0.25, 0.3) is 0 Å². The van der Waals surface area contributed by atoms with Gasteiger partial charge in [0.1, 0.15) is 0 Å². The molecule has 118 valence electrons. The van der Waals surface area contributed by atoms with Gasteiger partial charge in [-0.05, 0) is 35.4 Å². The van der Waals surface area contributed by atoms with Crippen LogP contribution in [0.3, 0.4) is 0 Å². The van der Waals surface area contributed by atoms with Crippen molar-refractivity contribution in [2.45, 2.75) is 24.9 Å². The number of hydrogen-bond donors (Lipinski definition) is 3. The molecule has 0 bridgehead atoms. The van der Waals surface area contributed by atoms with Crippen molar-refractivity contribution >= 4 is 12.1 Å². The minimum Gasteiger partial charge on any atom is -0.350 e. The SMILES string of the molecule is N=Cc1ccc(CNC(=O)[C@@]2(N)CC2Cc2ccccc2)cc1. The van der Waals surface area contributed by atoms with E-state index in [1.807, 2.05) is 42.5 Å². The van der Waals surface area contributed by atoms with Gasteiger partial charge in [-0.2, -0.15) is 0 Å². The van der Waals surface area contributed by atoms with E-state index in [-0.39, 0.29) is 11.8 Å². The summed E-state index contributed by atoms with van der Waals surface area (Å²) in [6, 6.07) is 17.7. The maximum Gasteiger partial charge on any atom is 0.240 e. The molecule has 1 saturated carbocycles. The smallest absolute Gasteiger partial charge is 0.240 e. The average molecular weight is 307 g/mol. The van der Waals surface area contributed by atoms with E-state index in [2.05, 4.69) is 17.4 Å². The number of nitrogens with two attached hydrogens (primary N) is 1. The molecule has 2 aromatic carbocycles. The number of rotatable bonds is 6. The Kier molecular flexibility index (Phi) is 4.26. The fourth-order valence-electron chi connectivity index (χ4n) is 2.86. The summed E-state index contributed by atoms with van der Waals surface area (Å²) in [6.45, 7) is 0.466. The summed E-state index contributed by atoms with van der Waals surface area (Å²) in [5.41, 5.74) is 8.60. The van der Waals surface area contributed by atoms with Gasteiger partial charge in [0.15, 0.2) is 0 Å². The van der Waals surface area contributed by atoms with Gasteiger partial charge in [-0.25, -0.2) is 0 Å². The predicted octanol–water partition coefficient (Wildman–Crippen LogP) is 2.26. The zero-order valence-electron chi connectivity index (χ0n) is 13.0. The molecule has 2 atom stereocenters. The highest BCUT2D eigenvalue weighted by Crippen LogP contribution is 2.43. The first kappa shape index (κ1) is 15.4. The Balaban J connectivity index is 1.53. The Labute approximate surface area is 136 Å². The summed E-state index contributed by atoms with van der Waals surface area (Å²) >= 11 is 0. The zero-order valence-corrected chi connectivity index (χ0v) is 13.0. The molecular weight excluding hydrogens is 286 g/mol. The molecule has 4 heteroatoms. The van der Waals surface area contributed by atoms with Gasteiger partial charge in [0.05, 0.1) is 5.54 Å². The molecule has 2 aromatic rings. The molecule has 0 aliphatic heterocycles. The third kappa shape index (κ3) is 3.48. The van der Waals surface area contributed by atoms with Crippen molar-refractivity contribution < 1.29 is 4.79 Å². The highest BCUT2D eigenvalue weighted by atomic mass is 16.2. The molecule has 0 heterocycles. The monoisotopic (exact) mass is 307 g/mol. The van der Waals surface area contributed by atoms with Gasteiger partial charge < -0.3 is 16.5 Å². The third-order valence-electron chi connectivity index (χ3n) is 4.50. The van der Waals surface area contributed by atoms with Crippen molar-refractivity contribution in [3.05, 3.63) is 71.3 Å². The Morgan fingerprint density at radius 2 is 1.87 bits per heavy atom. The molecule has 0 spiro atoms. The highest BCUT2D eigenvalue weighted by molar-refractivity contribution is 5.89. The van der Waals surface area contributed by atoms with Crippen molar-refractivity contribution in [3.63, 3.8) is 0 Å². The van der Waals surface area contributed by atoms with Crippen molar-refractivity contribution in [2.75, 3.05) is 0 Å². The summed E-state index contributed by atoms with van der Waals surface area (Å²) < 4.78 is 0. The lowest BCUT2D eigenvalue weighted by Crippen LogP contribution is -2.44. The first-order chi connectivity index (χ1) is 11.1. The highest BCUT2D eigenvalue weighted by Gasteiger charge is 2.56. The van der Waals surface area contributed by atoms with Crippen LogP contribution in [0.5, 0.6) is 0 Å². The van der Waals surface area contributed by atoms with Crippen LogP contribution in [0.4, 0.5) is 0 Å². The maximum atomic E-state index is 12.4. The first-order valence-corrected chi connectivity index (χ1v) is 7.82. The summed E-state index contributed by atoms with van der Waals surface area (Å²) in [7, 11) is 0. The minimum atomic E-state index is -0.731. The molecule has 1 aliphatic rings. The fourth-order valence-corrected chi connectivity index (χ4v) is 2.86. The first-order valence-electron chi connectivity index (χ1n) is 7.82. The number of nitrogens with one attached hydrogen (secondary N) is 2. The molecular formula is C19H21N3O. The van der Waals surface area contributed by atoms with E-state index in [4.69, 9.17) is 11.1 Å². The second-order valence-corrected chi connectivity index (χ2v) is 6.20. The van der Waals surface area contributed by atoms with Gasteiger partial charge in [-0.1, -0.05) is 54.6 Å². The molecule has 23 heavy (non-hydrogen) atoms. The van der Waals surface area contributed by atoms with Crippen LogP contribution in [-0.4, -0.2) is 17.7 Å². The van der Waals surface area contributed by atoms with Gasteiger partial charge >= 0.3 is 0 Å². The normalized spacial score (nSPS) is 22.4. The lowest BCUT2D eigenvalue weighted by Gasteiger charge is -2.13. The molecule has 4 nitrogen and oxygen atoms in total. The molecule has 1 fully saturated rings. The van der Waals surface area contributed by atoms with E-state index >= 15 is 0 Å². The number of carbonyl (C=O) groups is 1. The molecule has 4 N–H and O–H groups in total. The average Bonchev–Trinajstić information content (AvgIpc) is 3.25. The van der Waals surface area contributed by atoms with Crippen LogP contribution >= 0.6 is 0 Å². The standard InChI is InChI=1S/C19H21N3O/c20-12-15-6-8-16(9-7-15)13-22-18(23)19(21)11-17(19)10-14-4-2-1-3-5-14/h1-9,12,17,20H,10-11,13,21H2,(H,22,23)/t17?,19-/m1/s1. The fraction of sp³-hybridized carbons (Fsp3) is 0.263. The Bertz CT molecular complexity index is 696. The molecule has 0 saturated heterocycles. The third-order valence-corrected chi connectivity index (χ3v) is 4.50. The van der Waals surface area contributed by atoms with Crippen molar-refractivity contribution in [3.8, 4) is 0 Å². The lowest BCUT2D eigenvalue weighted by atomic mass is 10.1. The van der Waals surface area contributed by atoms with E-state index < -0.39 is 5.54 Å². The molecule has 1 unspecified atom stereocenters. The van der Waals surface area contributed by atoms with Crippen LogP contribution < -0.4 is 11.1 Å². The van der Waals surface area contributed by atoms with Crippen molar-refractivity contribution in [2.24, 2.45) is 11.7 Å². The zero-order chi connectivity index (χ0) is 16.3. The van der Waals surface area contributed by atoms with Crippen LogP contribution in [-0.2, 0) is 17.8 Å². The van der Waals surface area contributed by atoms with Gasteiger partial charge in [-0.15, -0.1) is 0 Å². The van der Waals surface area contributed by atoms with Crippen LogP contribution in [0, 0.1) is 11.3 Å². The van der Waals surface area contributed by atoms with E-state index in [1.54, 1.807) is 0 Å². The Morgan fingerprint density at radius 1 is 1.17 bits per heavy atom. The van der Waals surface area contributed by atoms with Gasteiger partial charge in [-0.3, -0.25) is 4.79 Å². The molecule has 0 aromatic heterocycles. The van der Waals surface area contributed by atoms with Gasteiger partial charge in [0, 0.05) is 12.8 Å². The minimum absolute atomic E-state index is 0.0745. The molecule has 3 rings (SSSR count). The van der Waals surface area contributed by atoms with Crippen molar-refractivity contribution in [1.29, 1.82) is 5.41 Å². The quantitative estimate of drug-likeness (QED) is 0.716. The predicted molar refractivity (Wildman–Crippen MR) is 91.3 cm³/mol. The van der Waals surface area contributed by atoms with Crippen LogP contribution in [0.15, 0.2) is 54.6 Å². The number of carbonyl (C=O) groups excluding carboxylic acids is 1. The van der Waals surface area contributed by atoms with E-state index in [9.17, 15) is 4.79 Å². The molecule has 1 aliphatic carbocycles. The molecule has 1 amide bonds. The largest absolute Gasteiger partial charge is 0.350 e. The van der Waals surface area contributed by atoms with E-state index in [0.717, 1.165) is 24.0 Å². The topological polar surface area (TPSA) is 79.0 Å². The van der Waals surface area contributed by atoms with Crippen LogP contribution in [0.2, 0.25) is 0 Å². The number of amides is 1. The Hall–Kier alpha value is -2.46.